The summed E-state index contributed by atoms with van der Waals surface area (Å²) in [6.45, 7) is 1.12. The SMILES string of the molecule is COc1cccc(F)c1C(O)c1ccc2c(c1)COC2. The van der Waals surface area contributed by atoms with Crippen molar-refractivity contribution in [2.75, 3.05) is 7.11 Å². The fourth-order valence-corrected chi connectivity index (χ4v) is 2.49. The molecule has 20 heavy (non-hydrogen) atoms. The molecule has 0 aromatic heterocycles. The lowest BCUT2D eigenvalue weighted by molar-refractivity contribution is 0.134. The van der Waals surface area contributed by atoms with Crippen LogP contribution >= 0.6 is 0 Å². The molecule has 1 N–H and O–H groups in total. The number of hydrogen-bond donors (Lipinski definition) is 1. The molecule has 2 aromatic rings. The molecule has 4 heteroatoms. The average molecular weight is 274 g/mol. The Bertz CT molecular complexity index is 640. The van der Waals surface area contributed by atoms with Crippen molar-refractivity contribution in [3.05, 3.63) is 64.5 Å². The Balaban J connectivity index is 2.02. The van der Waals surface area contributed by atoms with Gasteiger partial charge in [-0.25, -0.2) is 4.39 Å². The Morgan fingerprint density at radius 3 is 2.80 bits per heavy atom. The fourth-order valence-electron chi connectivity index (χ4n) is 2.49. The van der Waals surface area contributed by atoms with Gasteiger partial charge in [-0.1, -0.05) is 24.3 Å². The molecular weight excluding hydrogens is 259 g/mol. The predicted octanol–water partition coefficient (Wildman–Crippen LogP) is 2.95. The van der Waals surface area contributed by atoms with Crippen LogP contribution in [-0.2, 0) is 18.0 Å². The number of aliphatic hydroxyl groups excluding tert-OH is 1. The number of benzene rings is 2. The maximum Gasteiger partial charge on any atom is 0.133 e. The number of halogens is 1. The topological polar surface area (TPSA) is 38.7 Å². The molecule has 0 radical (unpaired) electrons. The third-order valence-corrected chi connectivity index (χ3v) is 3.57. The van der Waals surface area contributed by atoms with E-state index >= 15 is 0 Å². The van der Waals surface area contributed by atoms with Crippen LogP contribution in [0.4, 0.5) is 4.39 Å². The second-order valence-corrected chi connectivity index (χ2v) is 4.78. The standard InChI is InChI=1S/C16H15FO3/c1-19-14-4-2-3-13(17)15(14)16(18)10-5-6-11-8-20-9-12(11)7-10/h2-7,16,18H,8-9H2,1H3. The van der Waals surface area contributed by atoms with E-state index in [1.165, 1.54) is 13.2 Å². The lowest BCUT2D eigenvalue weighted by Gasteiger charge is -2.16. The average Bonchev–Trinajstić information content (AvgIpc) is 2.93. The molecule has 3 nitrogen and oxygen atoms in total. The highest BCUT2D eigenvalue weighted by Gasteiger charge is 2.21. The first kappa shape index (κ1) is 13.1. The molecule has 3 rings (SSSR count). The largest absolute Gasteiger partial charge is 0.496 e. The van der Waals surface area contributed by atoms with E-state index in [-0.39, 0.29) is 5.56 Å². The summed E-state index contributed by atoms with van der Waals surface area (Å²) >= 11 is 0. The number of hydrogen-bond acceptors (Lipinski definition) is 3. The molecule has 1 aliphatic rings. The molecule has 2 aromatic carbocycles. The van der Waals surface area contributed by atoms with E-state index in [0.717, 1.165) is 11.1 Å². The molecule has 0 saturated heterocycles. The van der Waals surface area contributed by atoms with E-state index in [1.807, 2.05) is 12.1 Å². The van der Waals surface area contributed by atoms with Gasteiger partial charge in [0.2, 0.25) is 0 Å². The van der Waals surface area contributed by atoms with Crippen LogP contribution in [0.3, 0.4) is 0 Å². The number of ether oxygens (including phenoxy) is 2. The monoisotopic (exact) mass is 274 g/mol. The van der Waals surface area contributed by atoms with Crippen molar-refractivity contribution in [3.63, 3.8) is 0 Å². The van der Waals surface area contributed by atoms with Crippen molar-refractivity contribution < 1.29 is 19.0 Å². The molecule has 1 heterocycles. The Morgan fingerprint density at radius 2 is 2.00 bits per heavy atom. The third kappa shape index (κ3) is 2.17. The van der Waals surface area contributed by atoms with E-state index in [1.54, 1.807) is 18.2 Å². The molecule has 0 aliphatic carbocycles. The molecule has 0 bridgehead atoms. The third-order valence-electron chi connectivity index (χ3n) is 3.57. The van der Waals surface area contributed by atoms with Gasteiger partial charge in [0.1, 0.15) is 17.7 Å². The molecule has 1 unspecified atom stereocenters. The summed E-state index contributed by atoms with van der Waals surface area (Å²) in [4.78, 5) is 0. The number of aliphatic hydroxyl groups is 1. The fraction of sp³-hybridized carbons (Fsp3) is 0.250. The van der Waals surface area contributed by atoms with E-state index in [4.69, 9.17) is 9.47 Å². The van der Waals surface area contributed by atoms with Gasteiger partial charge in [-0.15, -0.1) is 0 Å². The summed E-state index contributed by atoms with van der Waals surface area (Å²) in [5.74, 6) is -0.136. The summed E-state index contributed by atoms with van der Waals surface area (Å²) in [5.41, 5.74) is 2.95. The normalized spacial score (nSPS) is 14.9. The minimum absolute atomic E-state index is 0.161. The van der Waals surface area contributed by atoms with Crippen LogP contribution in [0.5, 0.6) is 5.75 Å². The number of methoxy groups -OCH3 is 1. The second kappa shape index (κ2) is 5.23. The number of rotatable bonds is 3. The molecule has 0 amide bonds. The lowest BCUT2D eigenvalue weighted by atomic mass is 9.97. The van der Waals surface area contributed by atoms with E-state index in [2.05, 4.69) is 0 Å². The smallest absolute Gasteiger partial charge is 0.133 e. The van der Waals surface area contributed by atoms with Crippen LogP contribution < -0.4 is 4.74 Å². The van der Waals surface area contributed by atoms with Crippen LogP contribution in [0.1, 0.15) is 28.4 Å². The molecule has 1 atom stereocenters. The van der Waals surface area contributed by atoms with Crippen LogP contribution in [0, 0.1) is 5.82 Å². The highest BCUT2D eigenvalue weighted by molar-refractivity contribution is 5.43. The maximum atomic E-state index is 14.0. The van der Waals surface area contributed by atoms with Crippen LogP contribution in [-0.4, -0.2) is 12.2 Å². The van der Waals surface area contributed by atoms with Crippen molar-refractivity contribution in [1.29, 1.82) is 0 Å². The summed E-state index contributed by atoms with van der Waals surface area (Å²) in [5, 5.41) is 10.5. The van der Waals surface area contributed by atoms with Crippen molar-refractivity contribution in [2.24, 2.45) is 0 Å². The van der Waals surface area contributed by atoms with Gasteiger partial charge < -0.3 is 14.6 Å². The molecule has 0 spiro atoms. The highest BCUT2D eigenvalue weighted by Crippen LogP contribution is 2.33. The first-order valence-electron chi connectivity index (χ1n) is 6.40. The highest BCUT2D eigenvalue weighted by atomic mass is 19.1. The molecule has 0 fully saturated rings. The minimum Gasteiger partial charge on any atom is -0.496 e. The quantitative estimate of drug-likeness (QED) is 0.935. The Hall–Kier alpha value is -1.91. The van der Waals surface area contributed by atoms with Crippen molar-refractivity contribution in [2.45, 2.75) is 19.3 Å². The van der Waals surface area contributed by atoms with Crippen LogP contribution in [0.2, 0.25) is 0 Å². The van der Waals surface area contributed by atoms with Gasteiger partial charge in [0.05, 0.1) is 25.9 Å². The van der Waals surface area contributed by atoms with Gasteiger partial charge >= 0.3 is 0 Å². The van der Waals surface area contributed by atoms with Crippen molar-refractivity contribution in [3.8, 4) is 5.75 Å². The summed E-state index contributed by atoms with van der Waals surface area (Å²) in [7, 11) is 1.46. The zero-order chi connectivity index (χ0) is 14.1. The van der Waals surface area contributed by atoms with Crippen LogP contribution in [0.15, 0.2) is 36.4 Å². The van der Waals surface area contributed by atoms with Gasteiger partial charge in [-0.3, -0.25) is 0 Å². The molecule has 0 saturated carbocycles. The molecule has 1 aliphatic heterocycles. The van der Waals surface area contributed by atoms with Gasteiger partial charge in [0.25, 0.3) is 0 Å². The molecule has 104 valence electrons. The van der Waals surface area contributed by atoms with Crippen molar-refractivity contribution in [1.82, 2.24) is 0 Å². The lowest BCUT2D eigenvalue weighted by Crippen LogP contribution is -2.06. The summed E-state index contributed by atoms with van der Waals surface area (Å²) < 4.78 is 24.5. The van der Waals surface area contributed by atoms with Crippen LogP contribution in [0.25, 0.3) is 0 Å². The molecular formula is C16H15FO3. The van der Waals surface area contributed by atoms with E-state index in [9.17, 15) is 9.50 Å². The summed E-state index contributed by atoms with van der Waals surface area (Å²) in [6, 6.07) is 10.1. The van der Waals surface area contributed by atoms with E-state index in [0.29, 0.717) is 24.5 Å². The zero-order valence-corrected chi connectivity index (χ0v) is 11.1. The van der Waals surface area contributed by atoms with Gasteiger partial charge in [0, 0.05) is 0 Å². The minimum atomic E-state index is -1.06. The predicted molar refractivity (Wildman–Crippen MR) is 71.9 cm³/mol. The van der Waals surface area contributed by atoms with Gasteiger partial charge in [-0.2, -0.15) is 0 Å². The zero-order valence-electron chi connectivity index (χ0n) is 11.1. The Kier molecular flexibility index (Phi) is 3.42. The number of fused-ring (bicyclic) bond motifs is 1. The second-order valence-electron chi connectivity index (χ2n) is 4.78. The first-order chi connectivity index (χ1) is 9.70. The Labute approximate surface area is 116 Å². The summed E-state index contributed by atoms with van der Waals surface area (Å²) in [6.07, 6.45) is -1.06. The maximum absolute atomic E-state index is 14.0. The van der Waals surface area contributed by atoms with Crippen molar-refractivity contribution >= 4 is 0 Å². The van der Waals surface area contributed by atoms with Gasteiger partial charge in [-0.05, 0) is 28.8 Å². The van der Waals surface area contributed by atoms with E-state index < -0.39 is 11.9 Å². The Morgan fingerprint density at radius 1 is 1.20 bits per heavy atom. The first-order valence-corrected chi connectivity index (χ1v) is 6.40. The van der Waals surface area contributed by atoms with Gasteiger partial charge in [0.15, 0.2) is 0 Å².